The first-order valence-electron chi connectivity index (χ1n) is 6.41. The molecule has 0 spiro atoms. The van der Waals surface area contributed by atoms with Crippen LogP contribution in [0.2, 0.25) is 0 Å². The molecule has 0 saturated carbocycles. The fraction of sp³-hybridized carbons (Fsp3) is 0.267. The van der Waals surface area contributed by atoms with Gasteiger partial charge in [0.25, 0.3) is 0 Å². The Bertz CT molecular complexity index is 562. The van der Waals surface area contributed by atoms with Gasteiger partial charge in [-0.15, -0.1) is 0 Å². The highest BCUT2D eigenvalue weighted by Crippen LogP contribution is 2.16. The average Bonchev–Trinajstić information content (AvgIpc) is 2.49. The van der Waals surface area contributed by atoms with Crippen molar-refractivity contribution in [3.63, 3.8) is 0 Å². The van der Waals surface area contributed by atoms with Gasteiger partial charge < -0.3 is 14.8 Å². The number of ether oxygens (including phenoxy) is 2. The van der Waals surface area contributed by atoms with Crippen molar-refractivity contribution in [2.45, 2.75) is 19.7 Å². The molecule has 1 N–H and O–H groups in total. The zero-order chi connectivity index (χ0) is 15.1. The third-order valence-electron chi connectivity index (χ3n) is 2.84. The molecule has 0 radical (unpaired) electrons. The molecule has 1 aromatic heterocycles. The monoisotopic (exact) mass is 294 g/mol. The van der Waals surface area contributed by atoms with Crippen molar-refractivity contribution in [3.8, 4) is 11.6 Å². The second-order valence-electron chi connectivity index (χ2n) is 4.30. The first-order valence-corrected chi connectivity index (χ1v) is 6.41. The largest absolute Gasteiger partial charge is 0.481 e. The SMILES string of the molecule is COc1ncccc1CNCc1ccc(OC(F)F)cc1. The van der Waals surface area contributed by atoms with Crippen molar-refractivity contribution >= 4 is 0 Å². The summed E-state index contributed by atoms with van der Waals surface area (Å²) in [5.74, 6) is 0.744. The van der Waals surface area contributed by atoms with Crippen LogP contribution in [-0.4, -0.2) is 18.7 Å². The summed E-state index contributed by atoms with van der Waals surface area (Å²) in [4.78, 5) is 4.11. The summed E-state index contributed by atoms with van der Waals surface area (Å²) in [6.07, 6.45) is 1.67. The third-order valence-corrected chi connectivity index (χ3v) is 2.84. The molecule has 0 bridgehead atoms. The van der Waals surface area contributed by atoms with E-state index >= 15 is 0 Å². The minimum Gasteiger partial charge on any atom is -0.481 e. The highest BCUT2D eigenvalue weighted by Gasteiger charge is 2.04. The number of halogens is 2. The molecule has 0 atom stereocenters. The van der Waals surface area contributed by atoms with E-state index in [4.69, 9.17) is 4.74 Å². The number of benzene rings is 1. The Kier molecular flexibility index (Phi) is 5.45. The first kappa shape index (κ1) is 15.2. The smallest absolute Gasteiger partial charge is 0.387 e. The van der Waals surface area contributed by atoms with E-state index in [1.165, 1.54) is 12.1 Å². The molecule has 0 saturated heterocycles. The zero-order valence-corrected chi connectivity index (χ0v) is 11.6. The summed E-state index contributed by atoms with van der Waals surface area (Å²) in [6, 6.07) is 10.3. The van der Waals surface area contributed by atoms with E-state index in [0.717, 1.165) is 11.1 Å². The van der Waals surface area contributed by atoms with Crippen LogP contribution in [0.3, 0.4) is 0 Å². The Morgan fingerprint density at radius 1 is 1.14 bits per heavy atom. The minimum atomic E-state index is -2.80. The van der Waals surface area contributed by atoms with Gasteiger partial charge in [-0.2, -0.15) is 8.78 Å². The summed E-state index contributed by atoms with van der Waals surface area (Å²) < 4.78 is 33.5. The van der Waals surface area contributed by atoms with Gasteiger partial charge in [-0.3, -0.25) is 0 Å². The lowest BCUT2D eigenvalue weighted by Gasteiger charge is -2.09. The molecule has 0 amide bonds. The van der Waals surface area contributed by atoms with E-state index in [-0.39, 0.29) is 5.75 Å². The number of alkyl halides is 2. The fourth-order valence-corrected chi connectivity index (χ4v) is 1.87. The maximum Gasteiger partial charge on any atom is 0.387 e. The number of hydrogen-bond acceptors (Lipinski definition) is 4. The van der Waals surface area contributed by atoms with E-state index in [1.807, 2.05) is 12.1 Å². The first-order chi connectivity index (χ1) is 10.2. The molecule has 1 aromatic carbocycles. The van der Waals surface area contributed by atoms with Crippen LogP contribution in [0.1, 0.15) is 11.1 Å². The summed E-state index contributed by atoms with van der Waals surface area (Å²) in [7, 11) is 1.58. The van der Waals surface area contributed by atoms with Gasteiger partial charge in [0.05, 0.1) is 7.11 Å². The van der Waals surface area contributed by atoms with E-state index in [2.05, 4.69) is 15.0 Å². The number of aromatic nitrogens is 1. The molecule has 1 heterocycles. The van der Waals surface area contributed by atoms with Gasteiger partial charge in [-0.1, -0.05) is 18.2 Å². The van der Waals surface area contributed by atoms with Crippen molar-refractivity contribution in [3.05, 3.63) is 53.7 Å². The second kappa shape index (κ2) is 7.54. The van der Waals surface area contributed by atoms with Crippen molar-refractivity contribution in [1.82, 2.24) is 10.3 Å². The number of rotatable bonds is 7. The highest BCUT2D eigenvalue weighted by atomic mass is 19.3. The Morgan fingerprint density at radius 3 is 2.57 bits per heavy atom. The maximum atomic E-state index is 12.0. The molecule has 0 fully saturated rings. The Hall–Kier alpha value is -2.21. The van der Waals surface area contributed by atoms with Crippen LogP contribution in [-0.2, 0) is 13.1 Å². The summed E-state index contributed by atoms with van der Waals surface area (Å²) in [5.41, 5.74) is 1.93. The summed E-state index contributed by atoms with van der Waals surface area (Å²) in [6.45, 7) is -1.59. The molecule has 0 unspecified atom stereocenters. The standard InChI is InChI=1S/C15H16F2N2O2/c1-20-14-12(3-2-8-19-14)10-18-9-11-4-6-13(7-5-11)21-15(16)17/h2-8,15,18H,9-10H2,1H3. The molecule has 0 aliphatic heterocycles. The lowest BCUT2D eigenvalue weighted by molar-refractivity contribution is -0.0498. The maximum absolute atomic E-state index is 12.0. The Morgan fingerprint density at radius 2 is 1.90 bits per heavy atom. The number of methoxy groups -OCH3 is 1. The van der Waals surface area contributed by atoms with Gasteiger partial charge in [-0.05, 0) is 23.8 Å². The molecule has 0 aliphatic rings. The Balaban J connectivity index is 1.86. The van der Waals surface area contributed by atoms with E-state index in [9.17, 15) is 8.78 Å². The third kappa shape index (κ3) is 4.68. The highest BCUT2D eigenvalue weighted by molar-refractivity contribution is 5.28. The van der Waals surface area contributed by atoms with Crippen LogP contribution >= 0.6 is 0 Å². The van der Waals surface area contributed by atoms with Gasteiger partial charge in [0.2, 0.25) is 5.88 Å². The lowest BCUT2D eigenvalue weighted by Crippen LogP contribution is -2.13. The van der Waals surface area contributed by atoms with Crippen LogP contribution in [0.5, 0.6) is 11.6 Å². The van der Waals surface area contributed by atoms with Crippen LogP contribution in [0.25, 0.3) is 0 Å². The summed E-state index contributed by atoms with van der Waals surface area (Å²) >= 11 is 0. The van der Waals surface area contributed by atoms with Crippen LogP contribution in [0.4, 0.5) is 8.78 Å². The van der Waals surface area contributed by atoms with Gasteiger partial charge >= 0.3 is 6.61 Å². The predicted molar refractivity (Wildman–Crippen MR) is 74.4 cm³/mol. The topological polar surface area (TPSA) is 43.4 Å². The number of nitrogens with one attached hydrogen (secondary N) is 1. The normalized spacial score (nSPS) is 10.7. The summed E-state index contributed by atoms with van der Waals surface area (Å²) in [5, 5.41) is 3.24. The predicted octanol–water partition coefficient (Wildman–Crippen LogP) is 2.98. The van der Waals surface area contributed by atoms with Crippen molar-refractivity contribution in [1.29, 1.82) is 0 Å². The van der Waals surface area contributed by atoms with Crippen molar-refractivity contribution in [2.24, 2.45) is 0 Å². The van der Waals surface area contributed by atoms with E-state index in [0.29, 0.717) is 19.0 Å². The lowest BCUT2D eigenvalue weighted by atomic mass is 10.2. The molecule has 2 aromatic rings. The van der Waals surface area contributed by atoms with Crippen LogP contribution in [0.15, 0.2) is 42.6 Å². The molecule has 6 heteroatoms. The van der Waals surface area contributed by atoms with Gasteiger partial charge in [0, 0.05) is 24.8 Å². The van der Waals surface area contributed by atoms with Crippen LogP contribution in [0, 0.1) is 0 Å². The number of nitrogens with zero attached hydrogens (tertiary/aromatic N) is 1. The Labute approximate surface area is 121 Å². The van der Waals surface area contributed by atoms with Gasteiger partial charge in [0.15, 0.2) is 0 Å². The number of hydrogen-bond donors (Lipinski definition) is 1. The fourth-order valence-electron chi connectivity index (χ4n) is 1.87. The molecule has 2 rings (SSSR count). The van der Waals surface area contributed by atoms with Crippen molar-refractivity contribution < 1.29 is 18.3 Å². The zero-order valence-electron chi connectivity index (χ0n) is 11.6. The van der Waals surface area contributed by atoms with Gasteiger partial charge in [-0.25, -0.2) is 4.98 Å². The number of pyridine rings is 1. The molecular weight excluding hydrogens is 278 g/mol. The molecule has 4 nitrogen and oxygen atoms in total. The van der Waals surface area contributed by atoms with Gasteiger partial charge in [0.1, 0.15) is 5.75 Å². The van der Waals surface area contributed by atoms with Crippen molar-refractivity contribution in [2.75, 3.05) is 7.11 Å². The van der Waals surface area contributed by atoms with Crippen LogP contribution < -0.4 is 14.8 Å². The molecule has 0 aliphatic carbocycles. The van der Waals surface area contributed by atoms with E-state index in [1.54, 1.807) is 25.4 Å². The molecule has 112 valence electrons. The molecular formula is C15H16F2N2O2. The second-order valence-corrected chi connectivity index (χ2v) is 4.30. The quantitative estimate of drug-likeness (QED) is 0.852. The minimum absolute atomic E-state index is 0.155. The molecule has 21 heavy (non-hydrogen) atoms. The van der Waals surface area contributed by atoms with E-state index < -0.39 is 6.61 Å². The average molecular weight is 294 g/mol.